The number of hydrogen-bond donors (Lipinski definition) is 3. The van der Waals surface area contributed by atoms with Gasteiger partial charge in [-0.2, -0.15) is 13.5 Å². The molecule has 0 aliphatic carbocycles. The number of anilines is 1. The zero-order valence-corrected chi connectivity index (χ0v) is 12.4. The number of rotatable bonds is 4. The monoisotopic (exact) mass is 345 g/mol. The van der Waals surface area contributed by atoms with Gasteiger partial charge in [-0.3, -0.25) is 9.82 Å². The molecule has 19 heavy (non-hydrogen) atoms. The second-order valence-corrected chi connectivity index (χ2v) is 6.54. The highest BCUT2D eigenvalue weighted by atomic mass is 79.9. The smallest absolute Gasteiger partial charge is 0.279 e. The van der Waals surface area contributed by atoms with Crippen molar-refractivity contribution in [3.05, 3.63) is 40.0 Å². The van der Waals surface area contributed by atoms with Crippen molar-refractivity contribution in [1.29, 1.82) is 0 Å². The summed E-state index contributed by atoms with van der Waals surface area (Å²) in [5.74, 6) is 0. The van der Waals surface area contributed by atoms with Crippen LogP contribution < -0.4 is 4.72 Å². The molecule has 0 aliphatic heterocycles. The van der Waals surface area contributed by atoms with Gasteiger partial charge in [0.2, 0.25) is 0 Å². The molecule has 0 unspecified atom stereocenters. The quantitative estimate of drug-likeness (QED) is 0.786. The van der Waals surface area contributed by atoms with Gasteiger partial charge in [-0.1, -0.05) is 15.9 Å². The number of H-pyrrole nitrogens is 1. The fraction of sp³-hybridized carbons (Fsp3) is 0.182. The number of halogens is 1. The minimum absolute atomic E-state index is 0.132. The van der Waals surface area contributed by atoms with Gasteiger partial charge in [0.25, 0.3) is 10.0 Å². The van der Waals surface area contributed by atoms with Gasteiger partial charge in [0.05, 0.1) is 18.5 Å². The molecule has 0 radical (unpaired) electrons. The van der Waals surface area contributed by atoms with E-state index in [4.69, 9.17) is 5.11 Å². The lowest BCUT2D eigenvalue weighted by atomic mass is 10.2. The van der Waals surface area contributed by atoms with Gasteiger partial charge < -0.3 is 5.11 Å². The Kier molecular flexibility index (Phi) is 3.93. The average Bonchev–Trinajstić information content (AvgIpc) is 2.75. The summed E-state index contributed by atoms with van der Waals surface area (Å²) in [6.07, 6.45) is 1.28. The Bertz CT molecular complexity index is 677. The van der Waals surface area contributed by atoms with Gasteiger partial charge >= 0.3 is 0 Å². The maximum atomic E-state index is 12.2. The van der Waals surface area contributed by atoms with Crippen LogP contribution in [0.1, 0.15) is 11.1 Å². The van der Waals surface area contributed by atoms with Crippen molar-refractivity contribution in [2.75, 3.05) is 4.72 Å². The van der Waals surface area contributed by atoms with Crippen LogP contribution in [0.3, 0.4) is 0 Å². The minimum atomic E-state index is -3.80. The van der Waals surface area contributed by atoms with E-state index in [2.05, 4.69) is 30.8 Å². The van der Waals surface area contributed by atoms with Crippen molar-refractivity contribution in [3.63, 3.8) is 0 Å². The van der Waals surface area contributed by atoms with Crippen molar-refractivity contribution in [1.82, 2.24) is 10.2 Å². The molecule has 0 saturated carbocycles. The van der Waals surface area contributed by atoms with E-state index in [-0.39, 0.29) is 10.6 Å². The predicted octanol–water partition coefficient (Wildman–Crippen LogP) is 1.77. The van der Waals surface area contributed by atoms with E-state index in [1.54, 1.807) is 12.1 Å². The zero-order chi connectivity index (χ0) is 14.0. The van der Waals surface area contributed by atoms with Gasteiger partial charge in [-0.15, -0.1) is 0 Å². The zero-order valence-electron chi connectivity index (χ0n) is 10.0. The lowest BCUT2D eigenvalue weighted by Gasteiger charge is -2.09. The molecule has 0 bridgehead atoms. The van der Waals surface area contributed by atoms with E-state index >= 15 is 0 Å². The summed E-state index contributed by atoms with van der Waals surface area (Å²) in [5, 5.41) is 14.9. The van der Waals surface area contributed by atoms with E-state index in [1.807, 2.05) is 13.0 Å². The van der Waals surface area contributed by atoms with Crippen LogP contribution in [0.25, 0.3) is 0 Å². The molecule has 6 nitrogen and oxygen atoms in total. The van der Waals surface area contributed by atoms with Crippen LogP contribution in [0.2, 0.25) is 0 Å². The van der Waals surface area contributed by atoms with Gasteiger partial charge in [0, 0.05) is 10.0 Å². The Labute approximate surface area is 119 Å². The number of aromatic amines is 1. The molecule has 3 N–H and O–H groups in total. The Hall–Kier alpha value is -1.38. The molecule has 0 spiro atoms. The summed E-state index contributed by atoms with van der Waals surface area (Å²) >= 11 is 3.30. The third-order valence-electron chi connectivity index (χ3n) is 2.41. The fourth-order valence-electron chi connectivity index (χ4n) is 1.65. The van der Waals surface area contributed by atoms with Crippen LogP contribution >= 0.6 is 15.9 Å². The first kappa shape index (κ1) is 14.0. The van der Waals surface area contributed by atoms with Crippen LogP contribution in [-0.2, 0) is 16.6 Å². The van der Waals surface area contributed by atoms with E-state index < -0.39 is 16.6 Å². The number of aliphatic hydroxyl groups excluding tert-OH is 1. The Morgan fingerprint density at radius 3 is 2.79 bits per heavy atom. The molecule has 1 aromatic heterocycles. The minimum Gasteiger partial charge on any atom is -0.392 e. The number of aryl methyl sites for hydroxylation is 1. The van der Waals surface area contributed by atoms with Crippen molar-refractivity contribution in [3.8, 4) is 0 Å². The average molecular weight is 346 g/mol. The Morgan fingerprint density at radius 2 is 2.16 bits per heavy atom. The SMILES string of the molecule is Cc1cc(Br)cc(NS(=O)(=O)c2[nH]ncc2CO)c1. The van der Waals surface area contributed by atoms with E-state index in [9.17, 15) is 8.42 Å². The van der Waals surface area contributed by atoms with Crippen LogP contribution in [0.15, 0.2) is 33.9 Å². The number of sulfonamides is 1. The lowest BCUT2D eigenvalue weighted by Crippen LogP contribution is -2.15. The van der Waals surface area contributed by atoms with E-state index in [0.29, 0.717) is 5.69 Å². The van der Waals surface area contributed by atoms with Crippen molar-refractivity contribution in [2.45, 2.75) is 18.6 Å². The van der Waals surface area contributed by atoms with Crippen LogP contribution in [0.5, 0.6) is 0 Å². The third kappa shape index (κ3) is 3.14. The topological polar surface area (TPSA) is 95.1 Å². The van der Waals surface area contributed by atoms with Crippen LogP contribution in [-0.4, -0.2) is 23.7 Å². The van der Waals surface area contributed by atoms with Gasteiger partial charge in [0.1, 0.15) is 0 Å². The molecule has 2 aromatic rings. The van der Waals surface area contributed by atoms with Crippen molar-refractivity contribution >= 4 is 31.6 Å². The predicted molar refractivity (Wildman–Crippen MR) is 74.2 cm³/mol. The number of hydrogen-bond acceptors (Lipinski definition) is 4. The summed E-state index contributed by atoms with van der Waals surface area (Å²) < 4.78 is 27.5. The molecule has 8 heteroatoms. The third-order valence-corrected chi connectivity index (χ3v) is 4.26. The molecular weight excluding hydrogens is 334 g/mol. The first-order valence-corrected chi connectivity index (χ1v) is 7.63. The normalized spacial score (nSPS) is 11.5. The van der Waals surface area contributed by atoms with Crippen LogP contribution in [0, 0.1) is 6.92 Å². The molecule has 2 rings (SSSR count). The molecule has 102 valence electrons. The summed E-state index contributed by atoms with van der Waals surface area (Å²) in [6, 6.07) is 5.23. The van der Waals surface area contributed by atoms with E-state index in [0.717, 1.165) is 10.0 Å². The van der Waals surface area contributed by atoms with Crippen LogP contribution in [0.4, 0.5) is 5.69 Å². The maximum Gasteiger partial charge on any atom is 0.279 e. The van der Waals surface area contributed by atoms with E-state index in [1.165, 1.54) is 6.20 Å². The summed E-state index contributed by atoms with van der Waals surface area (Å²) in [6.45, 7) is 1.46. The molecule has 0 amide bonds. The summed E-state index contributed by atoms with van der Waals surface area (Å²) in [7, 11) is -3.80. The highest BCUT2D eigenvalue weighted by Crippen LogP contribution is 2.22. The molecular formula is C11H12BrN3O3S. The number of benzene rings is 1. The number of nitrogens with zero attached hydrogens (tertiary/aromatic N) is 1. The first-order valence-electron chi connectivity index (χ1n) is 5.35. The molecule has 1 aromatic carbocycles. The second kappa shape index (κ2) is 5.32. The second-order valence-electron chi connectivity index (χ2n) is 4.01. The molecule has 1 heterocycles. The molecule has 0 saturated heterocycles. The summed E-state index contributed by atoms with van der Waals surface area (Å²) in [4.78, 5) is 0. The number of aliphatic hydroxyl groups is 1. The first-order chi connectivity index (χ1) is 8.92. The van der Waals surface area contributed by atoms with Gasteiger partial charge in [0.15, 0.2) is 5.03 Å². The van der Waals surface area contributed by atoms with Gasteiger partial charge in [-0.05, 0) is 30.7 Å². The number of nitrogens with one attached hydrogen (secondary N) is 2. The van der Waals surface area contributed by atoms with Crippen molar-refractivity contribution < 1.29 is 13.5 Å². The molecule has 0 aliphatic rings. The lowest BCUT2D eigenvalue weighted by molar-refractivity contribution is 0.278. The molecule has 0 fully saturated rings. The number of aromatic nitrogens is 2. The highest BCUT2D eigenvalue weighted by molar-refractivity contribution is 9.10. The highest BCUT2D eigenvalue weighted by Gasteiger charge is 2.20. The summed E-state index contributed by atoms with van der Waals surface area (Å²) in [5.41, 5.74) is 1.57. The molecule has 0 atom stereocenters. The Morgan fingerprint density at radius 1 is 1.42 bits per heavy atom. The van der Waals surface area contributed by atoms with Gasteiger partial charge in [-0.25, -0.2) is 0 Å². The largest absolute Gasteiger partial charge is 0.392 e. The standard InChI is InChI=1S/C11H12BrN3O3S/c1-7-2-9(12)4-10(3-7)15-19(17,18)11-8(6-16)5-13-14-11/h2-5,15-16H,6H2,1H3,(H,13,14). The fourth-order valence-corrected chi connectivity index (χ4v) is 3.42. The Balaban J connectivity index is 2.36. The van der Waals surface area contributed by atoms with Crippen molar-refractivity contribution in [2.24, 2.45) is 0 Å². The maximum absolute atomic E-state index is 12.2.